The largest absolute Gasteiger partial charge is 0.460 e. The standard InChI is InChI=1S/C10H11N3O3/c1-6-4-7(10(15)16-3-2-14)8(5-11)9(12)13-6/h4,14H,2-3H2,1H3,(H2,12,13)/p+1. The maximum atomic E-state index is 11.5. The molecule has 0 atom stereocenters. The molecule has 0 aliphatic rings. The van der Waals surface area contributed by atoms with Gasteiger partial charge >= 0.3 is 5.97 Å². The first-order chi connectivity index (χ1) is 7.60. The molecule has 0 unspecified atom stereocenters. The van der Waals surface area contributed by atoms with Crippen molar-refractivity contribution in [1.82, 2.24) is 0 Å². The van der Waals surface area contributed by atoms with E-state index in [2.05, 4.69) is 4.98 Å². The predicted molar refractivity (Wildman–Crippen MR) is 54.2 cm³/mol. The summed E-state index contributed by atoms with van der Waals surface area (Å²) in [5.41, 5.74) is 6.36. The van der Waals surface area contributed by atoms with Gasteiger partial charge in [-0.05, 0) is 13.0 Å². The summed E-state index contributed by atoms with van der Waals surface area (Å²) < 4.78 is 4.72. The number of rotatable bonds is 3. The molecule has 16 heavy (non-hydrogen) atoms. The number of ether oxygens (including phenoxy) is 1. The number of esters is 1. The highest BCUT2D eigenvalue weighted by Crippen LogP contribution is 2.13. The van der Waals surface area contributed by atoms with Gasteiger partial charge in [-0.15, -0.1) is 0 Å². The van der Waals surface area contributed by atoms with Crippen molar-refractivity contribution in [3.05, 3.63) is 22.9 Å². The molecule has 1 aromatic rings. The Bertz CT molecular complexity index is 451. The number of aryl methyl sites for hydroxylation is 1. The summed E-state index contributed by atoms with van der Waals surface area (Å²) in [6, 6.07) is 3.31. The fourth-order valence-corrected chi connectivity index (χ4v) is 1.24. The SMILES string of the molecule is Cc1cc(C(=O)OCCO)c(C#N)c(N)[nH+]1. The zero-order valence-corrected chi connectivity index (χ0v) is 8.78. The van der Waals surface area contributed by atoms with Crippen LogP contribution in [-0.2, 0) is 4.74 Å². The molecule has 84 valence electrons. The second kappa shape index (κ2) is 5.09. The van der Waals surface area contributed by atoms with E-state index in [-0.39, 0.29) is 30.2 Å². The van der Waals surface area contributed by atoms with Crippen molar-refractivity contribution in [2.75, 3.05) is 18.9 Å². The summed E-state index contributed by atoms with van der Waals surface area (Å²) in [6.45, 7) is 1.34. The maximum absolute atomic E-state index is 11.5. The Morgan fingerprint density at radius 1 is 1.75 bits per heavy atom. The number of nitrogens with one attached hydrogen (secondary N) is 1. The third-order valence-electron chi connectivity index (χ3n) is 1.89. The van der Waals surface area contributed by atoms with Crippen molar-refractivity contribution < 1.29 is 19.6 Å². The Labute approximate surface area is 92.3 Å². The summed E-state index contributed by atoms with van der Waals surface area (Å²) >= 11 is 0. The molecule has 0 amide bonds. The number of hydrogen-bond acceptors (Lipinski definition) is 5. The number of nitrogens with zero attached hydrogens (tertiary/aromatic N) is 1. The van der Waals surface area contributed by atoms with E-state index in [0.717, 1.165) is 0 Å². The van der Waals surface area contributed by atoms with Gasteiger partial charge < -0.3 is 9.84 Å². The zero-order valence-electron chi connectivity index (χ0n) is 8.78. The van der Waals surface area contributed by atoms with Crippen LogP contribution in [0.3, 0.4) is 0 Å². The highest BCUT2D eigenvalue weighted by molar-refractivity contribution is 5.93. The number of aromatic amines is 1. The van der Waals surface area contributed by atoms with Crippen molar-refractivity contribution in [2.45, 2.75) is 6.92 Å². The molecular formula is C10H12N3O3+. The van der Waals surface area contributed by atoms with Gasteiger partial charge in [0.15, 0.2) is 5.56 Å². The zero-order chi connectivity index (χ0) is 12.1. The van der Waals surface area contributed by atoms with Crippen LogP contribution in [0.1, 0.15) is 21.6 Å². The molecule has 0 saturated heterocycles. The Morgan fingerprint density at radius 3 is 3.00 bits per heavy atom. The molecule has 1 rings (SSSR count). The van der Waals surface area contributed by atoms with Crippen LogP contribution in [0.2, 0.25) is 0 Å². The first-order valence-electron chi connectivity index (χ1n) is 4.60. The Balaban J connectivity index is 3.12. The van der Waals surface area contributed by atoms with Crippen LogP contribution in [0.15, 0.2) is 6.07 Å². The van der Waals surface area contributed by atoms with Gasteiger partial charge in [0, 0.05) is 0 Å². The van der Waals surface area contributed by atoms with Crippen LogP contribution in [0.5, 0.6) is 0 Å². The van der Waals surface area contributed by atoms with E-state index in [1.807, 2.05) is 6.07 Å². The highest BCUT2D eigenvalue weighted by Gasteiger charge is 2.19. The Morgan fingerprint density at radius 2 is 2.44 bits per heavy atom. The third kappa shape index (κ3) is 2.46. The van der Waals surface area contributed by atoms with Crippen molar-refractivity contribution >= 4 is 11.8 Å². The van der Waals surface area contributed by atoms with Gasteiger partial charge in [-0.25, -0.2) is 9.78 Å². The number of nitrogen functional groups attached to an aromatic ring is 1. The normalized spacial score (nSPS) is 9.56. The van der Waals surface area contributed by atoms with Crippen LogP contribution >= 0.6 is 0 Å². The first-order valence-corrected chi connectivity index (χ1v) is 4.60. The number of H-pyrrole nitrogens is 1. The smallest absolute Gasteiger partial charge is 0.340 e. The summed E-state index contributed by atoms with van der Waals surface area (Å²) in [5, 5.41) is 17.4. The van der Waals surface area contributed by atoms with Crippen LogP contribution in [0.25, 0.3) is 0 Å². The minimum absolute atomic E-state index is 0.0496. The molecule has 0 bridgehead atoms. The topological polar surface area (TPSA) is 110 Å². The number of pyridine rings is 1. The van der Waals surface area contributed by atoms with E-state index in [0.29, 0.717) is 5.69 Å². The van der Waals surface area contributed by atoms with Gasteiger partial charge in [0.2, 0.25) is 0 Å². The number of aliphatic hydroxyl groups is 1. The van der Waals surface area contributed by atoms with Crippen LogP contribution < -0.4 is 10.7 Å². The lowest BCUT2D eigenvalue weighted by Crippen LogP contribution is -2.20. The number of nitrogens with two attached hydrogens (primary N) is 1. The number of hydrogen-bond donors (Lipinski definition) is 2. The number of aliphatic hydroxyl groups excluding tert-OH is 1. The van der Waals surface area contributed by atoms with E-state index in [1.54, 1.807) is 6.92 Å². The molecular weight excluding hydrogens is 210 g/mol. The molecule has 0 radical (unpaired) electrons. The molecule has 0 spiro atoms. The fourth-order valence-electron chi connectivity index (χ4n) is 1.24. The molecule has 0 aliphatic heterocycles. The lowest BCUT2D eigenvalue weighted by Gasteiger charge is -2.04. The molecule has 1 heterocycles. The van der Waals surface area contributed by atoms with Crippen molar-refractivity contribution in [3.8, 4) is 6.07 Å². The quantitative estimate of drug-likeness (QED) is 0.664. The fraction of sp³-hybridized carbons (Fsp3) is 0.300. The maximum Gasteiger partial charge on any atom is 0.340 e. The van der Waals surface area contributed by atoms with Gasteiger partial charge in [0.1, 0.15) is 12.7 Å². The van der Waals surface area contributed by atoms with Crippen molar-refractivity contribution in [3.63, 3.8) is 0 Å². The molecule has 6 nitrogen and oxygen atoms in total. The number of carbonyl (C=O) groups is 1. The van der Waals surface area contributed by atoms with E-state index >= 15 is 0 Å². The second-order valence-corrected chi connectivity index (χ2v) is 3.13. The van der Waals surface area contributed by atoms with Gasteiger partial charge in [-0.3, -0.25) is 5.73 Å². The minimum atomic E-state index is -0.672. The molecule has 6 heteroatoms. The summed E-state index contributed by atoms with van der Waals surface area (Å²) in [5.74, 6) is -0.548. The van der Waals surface area contributed by atoms with Crippen LogP contribution in [-0.4, -0.2) is 24.3 Å². The monoisotopic (exact) mass is 222 g/mol. The molecule has 4 N–H and O–H groups in total. The average molecular weight is 222 g/mol. The Hall–Kier alpha value is -2.13. The molecule has 0 aliphatic carbocycles. The van der Waals surface area contributed by atoms with Gasteiger partial charge in [-0.1, -0.05) is 0 Å². The van der Waals surface area contributed by atoms with E-state index < -0.39 is 5.97 Å². The molecule has 1 aromatic heterocycles. The summed E-state index contributed by atoms with van der Waals surface area (Å²) in [4.78, 5) is 14.3. The minimum Gasteiger partial charge on any atom is -0.460 e. The number of carbonyl (C=O) groups excluding carboxylic acids is 1. The van der Waals surface area contributed by atoms with Gasteiger partial charge in [0.25, 0.3) is 5.82 Å². The molecule has 0 saturated carbocycles. The van der Waals surface area contributed by atoms with Crippen LogP contribution in [0.4, 0.5) is 5.82 Å². The summed E-state index contributed by atoms with van der Waals surface area (Å²) in [6.07, 6.45) is 0. The van der Waals surface area contributed by atoms with Crippen LogP contribution in [0, 0.1) is 18.3 Å². The Kier molecular flexibility index (Phi) is 3.80. The molecule has 0 fully saturated rings. The number of nitriles is 1. The predicted octanol–water partition coefficient (Wildman–Crippen LogP) is -0.588. The second-order valence-electron chi connectivity index (χ2n) is 3.13. The van der Waals surface area contributed by atoms with Crippen molar-refractivity contribution in [1.29, 1.82) is 5.26 Å². The van der Waals surface area contributed by atoms with E-state index in [1.165, 1.54) is 6.07 Å². The van der Waals surface area contributed by atoms with E-state index in [4.69, 9.17) is 20.8 Å². The number of anilines is 1. The highest BCUT2D eigenvalue weighted by atomic mass is 16.5. The third-order valence-corrected chi connectivity index (χ3v) is 1.89. The van der Waals surface area contributed by atoms with Gasteiger partial charge in [-0.2, -0.15) is 5.26 Å². The lowest BCUT2D eigenvalue weighted by atomic mass is 10.1. The number of aromatic nitrogens is 1. The lowest BCUT2D eigenvalue weighted by molar-refractivity contribution is -0.370. The van der Waals surface area contributed by atoms with Gasteiger partial charge in [0.05, 0.1) is 17.9 Å². The first kappa shape index (κ1) is 11.9. The summed E-state index contributed by atoms with van der Waals surface area (Å²) in [7, 11) is 0. The van der Waals surface area contributed by atoms with Crippen molar-refractivity contribution in [2.24, 2.45) is 0 Å². The average Bonchev–Trinajstić information content (AvgIpc) is 2.24. The molecule has 0 aromatic carbocycles. The van der Waals surface area contributed by atoms with E-state index in [9.17, 15) is 4.79 Å².